The van der Waals surface area contributed by atoms with Crippen molar-refractivity contribution in [3.8, 4) is 0 Å². The first-order valence-electron chi connectivity index (χ1n) is 5.03. The van der Waals surface area contributed by atoms with E-state index in [0.717, 1.165) is 13.0 Å². The molecule has 3 heteroatoms. The molecule has 78 valence electrons. The first-order chi connectivity index (χ1) is 6.16. The highest BCUT2D eigenvalue weighted by Crippen LogP contribution is 2.24. The molecule has 1 aliphatic heterocycles. The van der Waals surface area contributed by atoms with Gasteiger partial charge < -0.3 is 15.2 Å². The number of methoxy groups -OCH3 is 1. The van der Waals surface area contributed by atoms with Crippen LogP contribution >= 0.6 is 0 Å². The lowest BCUT2D eigenvalue weighted by molar-refractivity contribution is -0.0753. The fourth-order valence-electron chi connectivity index (χ4n) is 1.91. The summed E-state index contributed by atoms with van der Waals surface area (Å²) in [5, 5.41) is 0. The fraction of sp³-hybridized carbons (Fsp3) is 1.00. The number of hydrogen-bond acceptors (Lipinski definition) is 3. The van der Waals surface area contributed by atoms with Crippen molar-refractivity contribution in [2.75, 3.05) is 20.3 Å². The summed E-state index contributed by atoms with van der Waals surface area (Å²) in [4.78, 5) is 0. The van der Waals surface area contributed by atoms with Crippen LogP contribution in [-0.4, -0.2) is 32.5 Å². The van der Waals surface area contributed by atoms with Crippen LogP contribution in [0.5, 0.6) is 0 Å². The summed E-state index contributed by atoms with van der Waals surface area (Å²) >= 11 is 0. The number of ether oxygens (including phenoxy) is 2. The van der Waals surface area contributed by atoms with Gasteiger partial charge in [-0.1, -0.05) is 13.8 Å². The Kier molecular flexibility index (Phi) is 4.16. The van der Waals surface area contributed by atoms with Crippen LogP contribution in [0.25, 0.3) is 0 Å². The SMILES string of the molecule is COC1COCCC1C(N)C(C)C. The summed E-state index contributed by atoms with van der Waals surface area (Å²) < 4.78 is 10.7. The molecule has 0 aliphatic carbocycles. The standard InChI is InChI=1S/C10H21NO2/c1-7(2)10(11)8-4-5-13-6-9(8)12-3/h7-10H,4-6,11H2,1-3H3. The Labute approximate surface area is 80.6 Å². The summed E-state index contributed by atoms with van der Waals surface area (Å²) in [6.07, 6.45) is 1.21. The van der Waals surface area contributed by atoms with Gasteiger partial charge in [-0.25, -0.2) is 0 Å². The average molecular weight is 187 g/mol. The number of hydrogen-bond donors (Lipinski definition) is 1. The quantitative estimate of drug-likeness (QED) is 0.717. The van der Waals surface area contributed by atoms with Gasteiger partial charge in [-0.15, -0.1) is 0 Å². The molecule has 0 aromatic heterocycles. The molecular formula is C10H21NO2. The zero-order valence-electron chi connectivity index (χ0n) is 8.82. The van der Waals surface area contributed by atoms with E-state index in [1.165, 1.54) is 0 Å². The molecule has 0 bridgehead atoms. The summed E-state index contributed by atoms with van der Waals surface area (Å²) in [6.45, 7) is 5.84. The smallest absolute Gasteiger partial charge is 0.0848 e. The molecule has 1 saturated heterocycles. The van der Waals surface area contributed by atoms with Gasteiger partial charge in [0.2, 0.25) is 0 Å². The van der Waals surface area contributed by atoms with Crippen LogP contribution in [0.2, 0.25) is 0 Å². The Hall–Kier alpha value is -0.120. The Morgan fingerprint density at radius 2 is 2.15 bits per heavy atom. The van der Waals surface area contributed by atoms with Gasteiger partial charge in [-0.2, -0.15) is 0 Å². The minimum atomic E-state index is 0.186. The predicted octanol–water partition coefficient (Wildman–Crippen LogP) is 1.02. The summed E-state index contributed by atoms with van der Waals surface area (Å²) in [5.41, 5.74) is 6.12. The molecule has 1 fully saturated rings. The second-order valence-electron chi connectivity index (χ2n) is 4.12. The molecule has 0 radical (unpaired) electrons. The zero-order valence-corrected chi connectivity index (χ0v) is 8.82. The second kappa shape index (κ2) is 4.94. The summed E-state index contributed by atoms with van der Waals surface area (Å²) in [7, 11) is 1.74. The monoisotopic (exact) mass is 187 g/mol. The molecule has 13 heavy (non-hydrogen) atoms. The highest BCUT2D eigenvalue weighted by molar-refractivity contribution is 4.84. The van der Waals surface area contributed by atoms with Crippen molar-refractivity contribution >= 4 is 0 Å². The Balaban J connectivity index is 2.53. The van der Waals surface area contributed by atoms with Crippen molar-refractivity contribution in [1.82, 2.24) is 0 Å². The molecule has 3 atom stereocenters. The minimum Gasteiger partial charge on any atom is -0.379 e. The number of rotatable bonds is 3. The maximum absolute atomic E-state index is 6.12. The fourth-order valence-corrected chi connectivity index (χ4v) is 1.91. The maximum Gasteiger partial charge on any atom is 0.0848 e. The van der Waals surface area contributed by atoms with Gasteiger partial charge in [-0.3, -0.25) is 0 Å². The lowest BCUT2D eigenvalue weighted by Gasteiger charge is -2.36. The molecular weight excluding hydrogens is 166 g/mol. The first kappa shape index (κ1) is 11.0. The molecule has 0 spiro atoms. The van der Waals surface area contributed by atoms with Gasteiger partial charge >= 0.3 is 0 Å². The second-order valence-corrected chi connectivity index (χ2v) is 4.12. The Bertz CT molecular complexity index is 148. The van der Waals surface area contributed by atoms with Gasteiger partial charge in [0.25, 0.3) is 0 Å². The van der Waals surface area contributed by atoms with Crippen LogP contribution in [0, 0.1) is 11.8 Å². The summed E-state index contributed by atoms with van der Waals surface area (Å²) in [5.74, 6) is 0.972. The molecule has 3 unspecified atom stereocenters. The first-order valence-corrected chi connectivity index (χ1v) is 5.03. The van der Waals surface area contributed by atoms with E-state index in [0.29, 0.717) is 18.4 Å². The molecule has 3 nitrogen and oxygen atoms in total. The minimum absolute atomic E-state index is 0.186. The van der Waals surface area contributed by atoms with Crippen molar-refractivity contribution in [2.24, 2.45) is 17.6 Å². The van der Waals surface area contributed by atoms with Crippen LogP contribution in [0.15, 0.2) is 0 Å². The van der Waals surface area contributed by atoms with E-state index in [4.69, 9.17) is 15.2 Å². The van der Waals surface area contributed by atoms with Crippen molar-refractivity contribution < 1.29 is 9.47 Å². The van der Waals surface area contributed by atoms with Crippen LogP contribution < -0.4 is 5.73 Å². The molecule has 0 amide bonds. The normalized spacial score (nSPS) is 32.1. The van der Waals surface area contributed by atoms with Crippen molar-refractivity contribution in [3.63, 3.8) is 0 Å². The Morgan fingerprint density at radius 1 is 1.46 bits per heavy atom. The van der Waals surface area contributed by atoms with E-state index in [1.54, 1.807) is 7.11 Å². The maximum atomic E-state index is 6.12. The van der Waals surface area contributed by atoms with E-state index < -0.39 is 0 Å². The van der Waals surface area contributed by atoms with Gasteiger partial charge in [0.1, 0.15) is 0 Å². The average Bonchev–Trinajstić information content (AvgIpc) is 2.16. The molecule has 0 aromatic rings. The highest BCUT2D eigenvalue weighted by Gasteiger charge is 2.31. The lowest BCUT2D eigenvalue weighted by atomic mass is 9.84. The predicted molar refractivity (Wildman–Crippen MR) is 52.5 cm³/mol. The Morgan fingerprint density at radius 3 is 2.69 bits per heavy atom. The van der Waals surface area contributed by atoms with Crippen LogP contribution in [-0.2, 0) is 9.47 Å². The third kappa shape index (κ3) is 2.66. The molecule has 0 saturated carbocycles. The molecule has 1 heterocycles. The van der Waals surface area contributed by atoms with Crippen molar-refractivity contribution in [2.45, 2.75) is 32.4 Å². The number of nitrogens with two attached hydrogens (primary N) is 1. The molecule has 1 aliphatic rings. The third-order valence-corrected chi connectivity index (χ3v) is 2.92. The van der Waals surface area contributed by atoms with Gasteiger partial charge in [-0.05, 0) is 12.3 Å². The van der Waals surface area contributed by atoms with E-state index in [-0.39, 0.29) is 12.1 Å². The topological polar surface area (TPSA) is 44.5 Å². The summed E-state index contributed by atoms with van der Waals surface area (Å²) in [6, 6.07) is 0.230. The lowest BCUT2D eigenvalue weighted by Crippen LogP contribution is -2.47. The van der Waals surface area contributed by atoms with Gasteiger partial charge in [0.15, 0.2) is 0 Å². The van der Waals surface area contributed by atoms with Gasteiger partial charge in [0, 0.05) is 25.7 Å². The van der Waals surface area contributed by atoms with Crippen LogP contribution in [0.1, 0.15) is 20.3 Å². The molecule has 0 aromatic carbocycles. The van der Waals surface area contributed by atoms with Crippen LogP contribution in [0.3, 0.4) is 0 Å². The van der Waals surface area contributed by atoms with Crippen molar-refractivity contribution in [1.29, 1.82) is 0 Å². The van der Waals surface area contributed by atoms with E-state index in [2.05, 4.69) is 13.8 Å². The third-order valence-electron chi connectivity index (χ3n) is 2.92. The molecule has 2 N–H and O–H groups in total. The molecule has 1 rings (SSSR count). The zero-order chi connectivity index (χ0) is 9.84. The van der Waals surface area contributed by atoms with E-state index >= 15 is 0 Å². The van der Waals surface area contributed by atoms with E-state index in [1.807, 2.05) is 0 Å². The highest BCUT2D eigenvalue weighted by atomic mass is 16.5. The van der Waals surface area contributed by atoms with Crippen LogP contribution in [0.4, 0.5) is 0 Å². The largest absolute Gasteiger partial charge is 0.379 e. The van der Waals surface area contributed by atoms with Gasteiger partial charge in [0.05, 0.1) is 12.7 Å². The van der Waals surface area contributed by atoms with Crippen molar-refractivity contribution in [3.05, 3.63) is 0 Å². The van der Waals surface area contributed by atoms with E-state index in [9.17, 15) is 0 Å².